The Labute approximate surface area is 197 Å². The van der Waals surface area contributed by atoms with E-state index >= 15 is 0 Å². The molecule has 3 aromatic rings. The molecule has 0 unspecified atom stereocenters. The summed E-state index contributed by atoms with van der Waals surface area (Å²) in [5.41, 5.74) is 3.36. The summed E-state index contributed by atoms with van der Waals surface area (Å²) in [5.74, 6) is 0. The molecule has 25 heavy (non-hydrogen) atoms. The first kappa shape index (κ1) is 20.2. The summed E-state index contributed by atoms with van der Waals surface area (Å²) in [6.07, 6.45) is 0. The highest BCUT2D eigenvalue weighted by Crippen LogP contribution is 2.33. The van der Waals surface area contributed by atoms with E-state index in [0.717, 1.165) is 48.8 Å². The molecule has 0 amide bonds. The fourth-order valence-electron chi connectivity index (χ4n) is 2.51. The van der Waals surface area contributed by atoms with Crippen LogP contribution in [0.3, 0.4) is 0 Å². The molecule has 0 aliphatic heterocycles. The monoisotopic (exact) mass is 714 g/mol. The Hall–Kier alpha value is 0.500. The minimum Gasteiger partial charge on any atom is -0.235 e. The van der Waals surface area contributed by atoms with Gasteiger partial charge in [0, 0.05) is 31.6 Å². The smallest absolute Gasteiger partial charge is 0.155 e. The van der Waals surface area contributed by atoms with Gasteiger partial charge in [-0.3, -0.25) is 0 Å². The molecule has 1 N–H and O–H groups in total. The Kier molecular flexibility index (Phi) is 7.02. The molecule has 0 aliphatic rings. The third kappa shape index (κ3) is 4.68. The fourth-order valence-corrected chi connectivity index (χ4v) is 6.25. The summed E-state index contributed by atoms with van der Waals surface area (Å²) in [5, 5.41) is 0. The summed E-state index contributed by atoms with van der Waals surface area (Å²) in [6.45, 7) is 0. The van der Waals surface area contributed by atoms with Crippen LogP contribution in [0, 0.1) is 0 Å². The average Bonchev–Trinajstić information content (AvgIpc) is 2.52. The van der Waals surface area contributed by atoms with Gasteiger partial charge in [0.25, 0.3) is 0 Å². The average molecular weight is 720 g/mol. The van der Waals surface area contributed by atoms with Gasteiger partial charge in [0.05, 0.1) is 13.4 Å². The number of hydrogen-bond acceptors (Lipinski definition) is 0. The van der Waals surface area contributed by atoms with Gasteiger partial charge < -0.3 is 0 Å². The van der Waals surface area contributed by atoms with Crippen molar-refractivity contribution in [1.29, 1.82) is 0 Å². The van der Waals surface area contributed by atoms with Crippen LogP contribution < -0.4 is 4.90 Å². The van der Waals surface area contributed by atoms with E-state index in [1.165, 1.54) is 0 Å². The van der Waals surface area contributed by atoms with Crippen LogP contribution in [0.25, 0.3) is 0 Å². The Balaban J connectivity index is 2.27. The van der Waals surface area contributed by atoms with Crippen molar-refractivity contribution >= 4 is 113 Å². The zero-order chi connectivity index (χ0) is 18.1. The maximum absolute atomic E-state index is 3.72. The first-order valence-electron chi connectivity index (χ1n) is 7.10. The molecule has 0 saturated carbocycles. The van der Waals surface area contributed by atoms with Gasteiger partial charge in [-0.1, -0.05) is 47.8 Å². The third-order valence-corrected chi connectivity index (χ3v) is 7.05. The van der Waals surface area contributed by atoms with E-state index in [0.29, 0.717) is 0 Å². The maximum Gasteiger partial charge on any atom is 0.155 e. The van der Waals surface area contributed by atoms with Gasteiger partial charge in [0.1, 0.15) is 0 Å². The second kappa shape index (κ2) is 8.67. The highest BCUT2D eigenvalue weighted by atomic mass is 79.9. The number of nitrogens with one attached hydrogen (secondary N) is 1. The van der Waals surface area contributed by atoms with Crippen molar-refractivity contribution < 1.29 is 4.90 Å². The number of quaternary nitrogens is 1. The maximum atomic E-state index is 3.72. The molecule has 0 spiro atoms. The summed E-state index contributed by atoms with van der Waals surface area (Å²) < 4.78 is 6.19. The predicted molar refractivity (Wildman–Crippen MR) is 125 cm³/mol. The molecule has 0 atom stereocenters. The summed E-state index contributed by atoms with van der Waals surface area (Å²) in [6, 6.07) is 18.7. The van der Waals surface area contributed by atoms with Crippen LogP contribution in [0.5, 0.6) is 0 Å². The molecule has 128 valence electrons. The summed E-state index contributed by atoms with van der Waals surface area (Å²) in [4.78, 5) is 1.14. The molecule has 0 aliphatic carbocycles. The molecular formula is C18H10Br6N+. The van der Waals surface area contributed by atoms with Crippen LogP contribution in [0.2, 0.25) is 0 Å². The van der Waals surface area contributed by atoms with Crippen molar-refractivity contribution in [2.45, 2.75) is 0 Å². The third-order valence-electron chi connectivity index (χ3n) is 3.60. The van der Waals surface area contributed by atoms with Crippen molar-refractivity contribution in [3.8, 4) is 0 Å². The van der Waals surface area contributed by atoms with Gasteiger partial charge in [-0.25, -0.2) is 4.90 Å². The van der Waals surface area contributed by atoms with Crippen LogP contribution in [-0.2, 0) is 0 Å². The van der Waals surface area contributed by atoms with Crippen LogP contribution >= 0.6 is 95.6 Å². The van der Waals surface area contributed by atoms with Crippen molar-refractivity contribution in [3.05, 3.63) is 81.4 Å². The number of halogens is 6. The van der Waals surface area contributed by atoms with Gasteiger partial charge in [0.15, 0.2) is 17.1 Å². The van der Waals surface area contributed by atoms with Crippen molar-refractivity contribution in [1.82, 2.24) is 0 Å². The van der Waals surface area contributed by atoms with Gasteiger partial charge in [-0.2, -0.15) is 0 Å². The van der Waals surface area contributed by atoms with E-state index in [1.54, 1.807) is 0 Å². The van der Waals surface area contributed by atoms with Gasteiger partial charge in [0.2, 0.25) is 0 Å². The predicted octanol–water partition coefficient (Wildman–Crippen LogP) is 8.44. The van der Waals surface area contributed by atoms with Crippen molar-refractivity contribution in [3.63, 3.8) is 0 Å². The first-order chi connectivity index (χ1) is 11.9. The summed E-state index contributed by atoms with van der Waals surface area (Å²) in [7, 11) is 0. The molecule has 0 bridgehead atoms. The Morgan fingerprint density at radius 3 is 0.960 bits per heavy atom. The molecule has 3 rings (SSSR count). The van der Waals surface area contributed by atoms with E-state index < -0.39 is 0 Å². The van der Waals surface area contributed by atoms with Crippen molar-refractivity contribution in [2.75, 3.05) is 0 Å². The van der Waals surface area contributed by atoms with E-state index in [-0.39, 0.29) is 0 Å². The van der Waals surface area contributed by atoms with Crippen LogP contribution in [0.15, 0.2) is 81.4 Å². The van der Waals surface area contributed by atoms with Gasteiger partial charge in [-0.05, 0) is 84.2 Å². The second-order valence-electron chi connectivity index (χ2n) is 5.25. The SMILES string of the molecule is Brc1ccc([NH+](c2ccc(Br)cc2Br)c2ccc(Br)cc2Br)c(Br)c1. The zero-order valence-corrected chi connectivity index (χ0v) is 22.0. The van der Waals surface area contributed by atoms with Crippen LogP contribution in [-0.4, -0.2) is 0 Å². The Morgan fingerprint density at radius 2 is 0.720 bits per heavy atom. The molecule has 1 nitrogen and oxygen atoms in total. The zero-order valence-electron chi connectivity index (χ0n) is 12.5. The fraction of sp³-hybridized carbons (Fsp3) is 0. The molecule has 0 heterocycles. The Morgan fingerprint density at radius 1 is 0.440 bits per heavy atom. The first-order valence-corrected chi connectivity index (χ1v) is 11.9. The van der Waals surface area contributed by atoms with Crippen LogP contribution in [0.4, 0.5) is 17.1 Å². The molecular weight excluding hydrogens is 710 g/mol. The molecule has 3 aromatic carbocycles. The number of hydrogen-bond donors (Lipinski definition) is 1. The molecule has 0 radical (unpaired) electrons. The Bertz CT molecular complexity index is 818. The summed E-state index contributed by atoms with van der Waals surface area (Å²) >= 11 is 21.8. The van der Waals surface area contributed by atoms with E-state index in [9.17, 15) is 0 Å². The molecule has 0 fully saturated rings. The largest absolute Gasteiger partial charge is 0.235 e. The quantitative estimate of drug-likeness (QED) is 0.277. The normalized spacial score (nSPS) is 11.2. The van der Waals surface area contributed by atoms with Gasteiger partial charge >= 0.3 is 0 Å². The van der Waals surface area contributed by atoms with Crippen molar-refractivity contribution in [2.24, 2.45) is 0 Å². The topological polar surface area (TPSA) is 4.44 Å². The highest BCUT2D eigenvalue weighted by Gasteiger charge is 2.26. The second-order valence-corrected chi connectivity index (χ2v) is 10.6. The lowest BCUT2D eigenvalue weighted by Gasteiger charge is -2.22. The van der Waals surface area contributed by atoms with Gasteiger partial charge in [-0.15, -0.1) is 0 Å². The minimum atomic E-state index is 1.03. The highest BCUT2D eigenvalue weighted by molar-refractivity contribution is 9.11. The van der Waals surface area contributed by atoms with E-state index in [1.807, 2.05) is 0 Å². The number of rotatable bonds is 3. The van der Waals surface area contributed by atoms with E-state index in [2.05, 4.69) is 150 Å². The minimum absolute atomic E-state index is 1.03. The molecule has 0 saturated heterocycles. The van der Waals surface area contributed by atoms with Crippen LogP contribution in [0.1, 0.15) is 0 Å². The lowest BCUT2D eigenvalue weighted by atomic mass is 10.2. The number of benzene rings is 3. The lowest BCUT2D eigenvalue weighted by Crippen LogP contribution is -2.97. The molecule has 0 aromatic heterocycles. The standard InChI is InChI=1S/C18H9Br6N/c19-10-1-4-16(13(22)7-10)25(17-5-2-11(20)8-14(17)23)18-6-3-12(21)9-15(18)24/h1-9H/p+1. The lowest BCUT2D eigenvalue weighted by molar-refractivity contribution is -0.683. The molecule has 7 heteroatoms. The van der Waals surface area contributed by atoms with E-state index in [4.69, 9.17) is 0 Å².